The van der Waals surface area contributed by atoms with Crippen LogP contribution in [-0.4, -0.2) is 16.5 Å². The van der Waals surface area contributed by atoms with Gasteiger partial charge in [0, 0.05) is 36.1 Å². The Morgan fingerprint density at radius 3 is 1.74 bits per heavy atom. The van der Waals surface area contributed by atoms with Crippen molar-refractivity contribution in [3.8, 4) is 0 Å². The van der Waals surface area contributed by atoms with Crippen molar-refractivity contribution >= 4 is 17.3 Å². The molecular formula is C18H19NO4. The van der Waals surface area contributed by atoms with Gasteiger partial charge in [-0.25, -0.2) is 0 Å². The van der Waals surface area contributed by atoms with Crippen LogP contribution in [0.4, 0.5) is 5.69 Å². The van der Waals surface area contributed by atoms with Gasteiger partial charge in [-0.1, -0.05) is 44.2 Å². The first-order chi connectivity index (χ1) is 11.0. The molecule has 0 saturated carbocycles. The normalized spacial score (nSPS) is 9.48. The molecule has 0 aromatic heterocycles. The lowest BCUT2D eigenvalue weighted by Crippen LogP contribution is -2.00. The van der Waals surface area contributed by atoms with Gasteiger partial charge in [0.2, 0.25) is 0 Å². The third kappa shape index (κ3) is 5.82. The molecule has 0 saturated heterocycles. The Balaban J connectivity index is 0.000000379. The maximum atomic E-state index is 12.0. The van der Waals surface area contributed by atoms with Crippen LogP contribution in [0, 0.1) is 10.1 Å². The molecule has 0 fully saturated rings. The second-order valence-electron chi connectivity index (χ2n) is 4.74. The highest BCUT2D eigenvalue weighted by atomic mass is 16.6. The van der Waals surface area contributed by atoms with Crippen LogP contribution in [0.1, 0.15) is 42.6 Å². The van der Waals surface area contributed by atoms with Crippen LogP contribution in [0.2, 0.25) is 0 Å². The number of nitrogens with zero attached hydrogens (tertiary/aromatic N) is 1. The molecule has 5 nitrogen and oxygen atoms in total. The molecule has 120 valence electrons. The molecule has 0 radical (unpaired) electrons. The molecule has 0 spiro atoms. The molecule has 0 atom stereocenters. The first-order valence-electron chi connectivity index (χ1n) is 7.35. The van der Waals surface area contributed by atoms with Gasteiger partial charge in [-0.05, 0) is 12.1 Å². The van der Waals surface area contributed by atoms with Crippen LogP contribution >= 0.6 is 0 Å². The van der Waals surface area contributed by atoms with Gasteiger partial charge in [0.05, 0.1) is 4.92 Å². The average Bonchev–Trinajstić information content (AvgIpc) is 2.61. The summed E-state index contributed by atoms with van der Waals surface area (Å²) in [5.41, 5.74) is 0.998. The summed E-state index contributed by atoms with van der Waals surface area (Å²) in [7, 11) is 0. The number of benzene rings is 2. The van der Waals surface area contributed by atoms with Gasteiger partial charge in [0.25, 0.3) is 5.69 Å². The topological polar surface area (TPSA) is 77.3 Å². The molecule has 2 aromatic carbocycles. The molecule has 2 aromatic rings. The summed E-state index contributed by atoms with van der Waals surface area (Å²) in [6.45, 7) is 3.76. The first-order valence-corrected chi connectivity index (χ1v) is 7.35. The van der Waals surface area contributed by atoms with Gasteiger partial charge < -0.3 is 0 Å². The van der Waals surface area contributed by atoms with Crippen molar-refractivity contribution in [2.75, 3.05) is 0 Å². The van der Waals surface area contributed by atoms with E-state index in [4.69, 9.17) is 0 Å². The zero-order valence-corrected chi connectivity index (χ0v) is 13.2. The smallest absolute Gasteiger partial charge is 0.269 e. The van der Waals surface area contributed by atoms with Crippen molar-refractivity contribution in [3.63, 3.8) is 0 Å². The predicted octanol–water partition coefficient (Wildman–Crippen LogP) is 4.20. The highest BCUT2D eigenvalue weighted by Crippen LogP contribution is 2.15. The Morgan fingerprint density at radius 2 is 1.35 bits per heavy atom. The van der Waals surface area contributed by atoms with Gasteiger partial charge in [-0.3, -0.25) is 19.7 Å². The van der Waals surface area contributed by atoms with Gasteiger partial charge in [-0.15, -0.1) is 0 Å². The predicted molar refractivity (Wildman–Crippen MR) is 88.6 cm³/mol. The van der Waals surface area contributed by atoms with Gasteiger partial charge in [-0.2, -0.15) is 0 Å². The number of carbonyl (C=O) groups excluding carboxylic acids is 2. The Hall–Kier alpha value is -2.82. The standard InChI is InChI=1S/C13H9NO3.C5H10O/c15-13(10-4-2-1-3-5-10)11-6-8-12(9-7-11)14(16)17;1-3-5(6)4-2/h1-9H;3-4H2,1-2H3. The van der Waals surface area contributed by atoms with E-state index in [0.717, 1.165) is 0 Å². The molecule has 0 bridgehead atoms. The number of ketones is 2. The molecule has 2 rings (SSSR count). The number of hydrogen-bond acceptors (Lipinski definition) is 4. The van der Waals surface area contributed by atoms with E-state index in [2.05, 4.69) is 0 Å². The number of carbonyl (C=O) groups is 2. The summed E-state index contributed by atoms with van der Waals surface area (Å²) in [6.07, 6.45) is 1.38. The van der Waals surface area contributed by atoms with E-state index >= 15 is 0 Å². The summed E-state index contributed by atoms with van der Waals surface area (Å²) in [5, 5.41) is 10.5. The second-order valence-corrected chi connectivity index (χ2v) is 4.74. The first kappa shape index (κ1) is 18.2. The molecule has 0 amide bonds. The largest absolute Gasteiger partial charge is 0.300 e. The molecule has 0 N–H and O–H groups in total. The van der Waals surface area contributed by atoms with Crippen molar-refractivity contribution in [1.29, 1.82) is 0 Å². The van der Waals surface area contributed by atoms with E-state index in [1.807, 2.05) is 19.9 Å². The molecule has 0 aliphatic carbocycles. The zero-order valence-electron chi connectivity index (χ0n) is 13.2. The maximum absolute atomic E-state index is 12.0. The molecule has 23 heavy (non-hydrogen) atoms. The molecule has 0 aliphatic heterocycles. The molecule has 0 aliphatic rings. The summed E-state index contributed by atoms with van der Waals surface area (Å²) in [5.74, 6) is 0.204. The SMILES string of the molecule is CCC(=O)CC.O=C(c1ccccc1)c1ccc([N+](=O)[O-])cc1. The van der Waals surface area contributed by atoms with Crippen molar-refractivity contribution < 1.29 is 14.5 Å². The van der Waals surface area contributed by atoms with Gasteiger partial charge in [0.15, 0.2) is 5.78 Å². The van der Waals surface area contributed by atoms with Crippen LogP contribution in [0.5, 0.6) is 0 Å². The van der Waals surface area contributed by atoms with Crippen molar-refractivity contribution in [2.45, 2.75) is 26.7 Å². The van der Waals surface area contributed by atoms with Crippen LogP contribution in [0.3, 0.4) is 0 Å². The van der Waals surface area contributed by atoms with Crippen LogP contribution in [-0.2, 0) is 4.79 Å². The lowest BCUT2D eigenvalue weighted by molar-refractivity contribution is -0.384. The summed E-state index contributed by atoms with van der Waals surface area (Å²) in [6, 6.07) is 14.4. The minimum atomic E-state index is -0.489. The van der Waals surface area contributed by atoms with Crippen molar-refractivity contribution in [2.24, 2.45) is 0 Å². The lowest BCUT2D eigenvalue weighted by atomic mass is 10.0. The molecule has 0 unspecified atom stereocenters. The average molecular weight is 313 g/mol. The zero-order chi connectivity index (χ0) is 17.2. The van der Waals surface area contributed by atoms with Gasteiger partial charge in [0.1, 0.15) is 5.78 Å². The second kappa shape index (κ2) is 9.25. The van der Waals surface area contributed by atoms with Gasteiger partial charge >= 0.3 is 0 Å². The third-order valence-corrected chi connectivity index (χ3v) is 3.16. The number of Topliss-reactive ketones (excluding diaryl/α,β-unsaturated/α-hetero) is 1. The maximum Gasteiger partial charge on any atom is 0.269 e. The van der Waals surface area contributed by atoms with Crippen molar-refractivity contribution in [1.82, 2.24) is 0 Å². The number of hydrogen-bond donors (Lipinski definition) is 0. The number of non-ortho nitro benzene ring substituents is 1. The number of rotatable bonds is 5. The van der Waals surface area contributed by atoms with Crippen LogP contribution in [0.15, 0.2) is 54.6 Å². The summed E-state index contributed by atoms with van der Waals surface area (Å²) in [4.78, 5) is 32.1. The fraction of sp³-hybridized carbons (Fsp3) is 0.222. The van der Waals surface area contributed by atoms with E-state index in [0.29, 0.717) is 29.8 Å². The van der Waals surface area contributed by atoms with E-state index in [-0.39, 0.29) is 11.5 Å². The minimum absolute atomic E-state index is 0.0189. The Morgan fingerprint density at radius 1 is 0.870 bits per heavy atom. The molecule has 0 heterocycles. The Bertz CT molecular complexity index is 657. The minimum Gasteiger partial charge on any atom is -0.300 e. The summed E-state index contributed by atoms with van der Waals surface area (Å²) < 4.78 is 0. The summed E-state index contributed by atoms with van der Waals surface area (Å²) >= 11 is 0. The highest BCUT2D eigenvalue weighted by Gasteiger charge is 2.10. The number of nitro groups is 1. The number of nitro benzene ring substituents is 1. The van der Waals surface area contributed by atoms with E-state index in [1.54, 1.807) is 24.3 Å². The molecule has 5 heteroatoms. The molecular weight excluding hydrogens is 294 g/mol. The highest BCUT2D eigenvalue weighted by molar-refractivity contribution is 6.09. The van der Waals surface area contributed by atoms with E-state index in [1.165, 1.54) is 24.3 Å². The van der Waals surface area contributed by atoms with Crippen LogP contribution in [0.25, 0.3) is 0 Å². The Labute approximate surface area is 135 Å². The third-order valence-electron chi connectivity index (χ3n) is 3.16. The van der Waals surface area contributed by atoms with Crippen LogP contribution < -0.4 is 0 Å². The monoisotopic (exact) mass is 313 g/mol. The Kier molecular flexibility index (Phi) is 7.33. The van der Waals surface area contributed by atoms with E-state index < -0.39 is 4.92 Å². The van der Waals surface area contributed by atoms with E-state index in [9.17, 15) is 19.7 Å². The van der Waals surface area contributed by atoms with Crippen molar-refractivity contribution in [3.05, 3.63) is 75.8 Å². The fourth-order valence-electron chi connectivity index (χ4n) is 1.74. The lowest BCUT2D eigenvalue weighted by Gasteiger charge is -2.00. The fourth-order valence-corrected chi connectivity index (χ4v) is 1.74. The quantitative estimate of drug-likeness (QED) is 0.471.